The summed E-state index contributed by atoms with van der Waals surface area (Å²) in [5.74, 6) is 2.21. The van der Waals surface area contributed by atoms with Gasteiger partial charge in [-0.25, -0.2) is 4.98 Å². The molecule has 1 amide bonds. The number of hydrogen-bond donors (Lipinski definition) is 1. The summed E-state index contributed by atoms with van der Waals surface area (Å²) < 4.78 is 11.9. The summed E-state index contributed by atoms with van der Waals surface area (Å²) in [5, 5.41) is 4.24. The second-order valence-electron chi connectivity index (χ2n) is 11.1. The number of ether oxygens (including phenoxy) is 1. The van der Waals surface area contributed by atoms with E-state index in [9.17, 15) is 9.59 Å². The Kier molecular flexibility index (Phi) is 7.52. The Bertz CT molecular complexity index is 1330. The van der Waals surface area contributed by atoms with Crippen LogP contribution in [0.25, 0.3) is 22.2 Å². The maximum atomic E-state index is 13.2. The van der Waals surface area contributed by atoms with Gasteiger partial charge in [0.05, 0.1) is 24.4 Å². The number of nitrogens with zero attached hydrogens (tertiary/aromatic N) is 3. The Morgan fingerprint density at radius 1 is 1.24 bits per heavy atom. The van der Waals surface area contributed by atoms with Crippen LogP contribution in [0.4, 0.5) is 0 Å². The summed E-state index contributed by atoms with van der Waals surface area (Å²) in [4.78, 5) is 36.3. The first kappa shape index (κ1) is 26.4. The summed E-state index contributed by atoms with van der Waals surface area (Å²) in [7, 11) is 3.73. The van der Waals surface area contributed by atoms with Crippen molar-refractivity contribution in [2.75, 3.05) is 27.2 Å². The molecule has 38 heavy (non-hydrogen) atoms. The molecule has 8 heteroatoms. The lowest BCUT2D eigenvalue weighted by Gasteiger charge is -2.37. The Labute approximate surface area is 224 Å². The third-order valence-corrected chi connectivity index (χ3v) is 8.07. The summed E-state index contributed by atoms with van der Waals surface area (Å²) in [5.41, 5.74) is 2.76. The van der Waals surface area contributed by atoms with Gasteiger partial charge in [-0.05, 0) is 45.4 Å². The molecule has 1 N–H and O–H groups in total. The number of hydrogen-bond acceptors (Lipinski definition) is 7. The van der Waals surface area contributed by atoms with Crippen LogP contribution in [0.15, 0.2) is 34.9 Å². The van der Waals surface area contributed by atoms with Gasteiger partial charge in [0.15, 0.2) is 5.76 Å². The highest BCUT2D eigenvalue weighted by atomic mass is 16.5. The highest BCUT2D eigenvalue weighted by molar-refractivity contribution is 5.87. The fraction of sp³-hybridized carbons (Fsp3) is 0.533. The lowest BCUT2D eigenvalue weighted by molar-refractivity contribution is -0.125. The van der Waals surface area contributed by atoms with Gasteiger partial charge >= 0.3 is 0 Å². The van der Waals surface area contributed by atoms with Crippen molar-refractivity contribution in [2.24, 2.45) is 11.3 Å². The summed E-state index contributed by atoms with van der Waals surface area (Å²) in [6, 6.07) is 7.62. The smallest absolute Gasteiger partial charge is 0.224 e. The van der Waals surface area contributed by atoms with E-state index in [1.165, 1.54) is 0 Å². The second-order valence-corrected chi connectivity index (χ2v) is 11.1. The quantitative estimate of drug-likeness (QED) is 0.327. The number of Topliss-reactive ketones (excluding diaryl/α,β-unsaturated/α-hetero) is 1. The molecule has 1 aliphatic heterocycles. The van der Waals surface area contributed by atoms with Gasteiger partial charge in [0.1, 0.15) is 17.6 Å². The number of fused-ring (bicyclic) bond motifs is 1. The van der Waals surface area contributed by atoms with E-state index in [0.29, 0.717) is 42.4 Å². The third-order valence-electron chi connectivity index (χ3n) is 8.07. The Hall–Kier alpha value is -3.26. The van der Waals surface area contributed by atoms with E-state index in [4.69, 9.17) is 9.15 Å². The zero-order chi connectivity index (χ0) is 26.9. The van der Waals surface area contributed by atoms with Crippen LogP contribution in [0, 0.1) is 18.3 Å². The minimum Gasteiger partial charge on any atom is -0.496 e. The van der Waals surface area contributed by atoms with Crippen LogP contribution in [-0.2, 0) is 9.59 Å². The number of carbonyl (C=O) groups excluding carboxylic acids is 2. The van der Waals surface area contributed by atoms with Crippen molar-refractivity contribution in [1.29, 1.82) is 0 Å². The van der Waals surface area contributed by atoms with E-state index in [0.717, 1.165) is 60.9 Å². The molecule has 1 saturated heterocycles. The van der Waals surface area contributed by atoms with Gasteiger partial charge in [0.25, 0.3) is 0 Å². The number of likely N-dealkylation sites (tertiary alicyclic amines) is 1. The van der Waals surface area contributed by atoms with Crippen molar-refractivity contribution in [1.82, 2.24) is 20.2 Å². The molecular formula is C30H38N4O4. The van der Waals surface area contributed by atoms with E-state index >= 15 is 0 Å². The summed E-state index contributed by atoms with van der Waals surface area (Å²) in [6.07, 6.45) is 7.24. The standard InChI is InChI=1S/C30H38N4O4/c1-5-21(35)9-7-6-8-10-24(33-28(36)23-15-30(23)17-34(3)18-30)29-31-16-27(38-29)22-13-20-12-11-19(2)32-25(20)14-26(22)37-4/h11-14,16,23-24H,5-10,15,17-18H2,1-4H3,(H,33,36)/t23-,24?/m1/s1. The van der Waals surface area contributed by atoms with Gasteiger partial charge in [-0.15, -0.1) is 0 Å². The van der Waals surface area contributed by atoms with Crippen molar-refractivity contribution in [2.45, 2.75) is 64.8 Å². The Morgan fingerprint density at radius 2 is 2.05 bits per heavy atom. The van der Waals surface area contributed by atoms with E-state index in [2.05, 4.69) is 27.2 Å². The zero-order valence-electron chi connectivity index (χ0n) is 22.9. The van der Waals surface area contributed by atoms with Crippen LogP contribution < -0.4 is 10.1 Å². The topological polar surface area (TPSA) is 97.6 Å². The molecule has 2 atom stereocenters. The molecule has 3 aromatic rings. The first-order valence-corrected chi connectivity index (χ1v) is 13.7. The van der Waals surface area contributed by atoms with Crippen molar-refractivity contribution in [3.8, 4) is 17.1 Å². The Balaban J connectivity index is 1.33. The SMILES string of the molecule is CCC(=O)CCCCCC(NC(=O)[C@H]1CC12CN(C)C2)c1ncc(-c2cc3ccc(C)nc3cc2OC)o1. The molecule has 5 rings (SSSR count). The van der Waals surface area contributed by atoms with Gasteiger partial charge in [0.2, 0.25) is 11.8 Å². The molecule has 2 fully saturated rings. The normalized spacial score (nSPS) is 18.8. The van der Waals surface area contributed by atoms with Crippen LogP contribution in [0.5, 0.6) is 5.75 Å². The van der Waals surface area contributed by atoms with E-state index in [1.54, 1.807) is 13.3 Å². The molecule has 2 aromatic heterocycles. The average Bonchev–Trinajstić information content (AvgIpc) is 3.43. The van der Waals surface area contributed by atoms with Crippen molar-refractivity contribution < 1.29 is 18.7 Å². The van der Waals surface area contributed by atoms with Crippen LogP contribution in [0.3, 0.4) is 0 Å². The number of amides is 1. The molecule has 2 aliphatic rings. The Morgan fingerprint density at radius 3 is 2.79 bits per heavy atom. The van der Waals surface area contributed by atoms with Crippen molar-refractivity contribution >= 4 is 22.6 Å². The first-order valence-electron chi connectivity index (χ1n) is 13.7. The lowest BCUT2D eigenvalue weighted by Crippen LogP contribution is -2.48. The number of aryl methyl sites for hydroxylation is 1. The van der Waals surface area contributed by atoms with E-state index in [-0.39, 0.29) is 23.3 Å². The van der Waals surface area contributed by atoms with E-state index in [1.807, 2.05) is 38.1 Å². The van der Waals surface area contributed by atoms with E-state index < -0.39 is 0 Å². The molecule has 0 bridgehead atoms. The van der Waals surface area contributed by atoms with Crippen molar-refractivity contribution in [3.63, 3.8) is 0 Å². The number of benzene rings is 1. The predicted molar refractivity (Wildman–Crippen MR) is 146 cm³/mol. The van der Waals surface area contributed by atoms with Gasteiger partial charge in [-0.3, -0.25) is 14.6 Å². The van der Waals surface area contributed by atoms with Crippen LogP contribution in [0.1, 0.15) is 69.5 Å². The number of ketones is 1. The summed E-state index contributed by atoms with van der Waals surface area (Å²) in [6.45, 7) is 5.84. The maximum absolute atomic E-state index is 13.2. The molecule has 8 nitrogen and oxygen atoms in total. The van der Waals surface area contributed by atoms with Gasteiger partial charge in [-0.1, -0.05) is 25.8 Å². The van der Waals surface area contributed by atoms with Gasteiger partial charge < -0.3 is 19.4 Å². The van der Waals surface area contributed by atoms with Gasteiger partial charge in [0, 0.05) is 54.4 Å². The number of pyridine rings is 1. The number of nitrogens with one attached hydrogen (secondary N) is 1. The third kappa shape index (κ3) is 5.46. The van der Waals surface area contributed by atoms with Crippen molar-refractivity contribution in [3.05, 3.63) is 42.0 Å². The molecule has 1 unspecified atom stereocenters. The molecule has 1 aliphatic carbocycles. The number of oxazole rings is 1. The predicted octanol–water partition coefficient (Wildman–Crippen LogP) is 5.25. The molecule has 1 aromatic carbocycles. The molecule has 3 heterocycles. The molecule has 202 valence electrons. The number of methoxy groups -OCH3 is 1. The monoisotopic (exact) mass is 518 g/mol. The lowest BCUT2D eigenvalue weighted by atomic mass is 9.94. The molecule has 0 radical (unpaired) electrons. The van der Waals surface area contributed by atoms with Gasteiger partial charge in [-0.2, -0.15) is 0 Å². The van der Waals surface area contributed by atoms with Crippen LogP contribution >= 0.6 is 0 Å². The molecule has 1 spiro atoms. The minimum atomic E-state index is -0.315. The maximum Gasteiger partial charge on any atom is 0.224 e. The zero-order valence-corrected chi connectivity index (χ0v) is 22.9. The van der Waals surface area contributed by atoms with Crippen LogP contribution in [-0.4, -0.2) is 53.8 Å². The number of rotatable bonds is 12. The first-order chi connectivity index (χ1) is 18.3. The molecule has 1 saturated carbocycles. The number of unbranched alkanes of at least 4 members (excludes halogenated alkanes) is 2. The summed E-state index contributed by atoms with van der Waals surface area (Å²) >= 11 is 0. The highest BCUT2D eigenvalue weighted by Crippen LogP contribution is 2.58. The number of aromatic nitrogens is 2. The highest BCUT2D eigenvalue weighted by Gasteiger charge is 2.63. The minimum absolute atomic E-state index is 0.0642. The van der Waals surface area contributed by atoms with Crippen LogP contribution in [0.2, 0.25) is 0 Å². The number of carbonyl (C=O) groups is 2. The fourth-order valence-electron chi connectivity index (χ4n) is 5.84. The fourth-order valence-corrected chi connectivity index (χ4v) is 5.84. The average molecular weight is 519 g/mol. The molecular weight excluding hydrogens is 480 g/mol. The second kappa shape index (κ2) is 10.8. The largest absolute Gasteiger partial charge is 0.496 e.